The van der Waals surface area contributed by atoms with Gasteiger partial charge >= 0.3 is 6.03 Å². The van der Waals surface area contributed by atoms with E-state index >= 15 is 0 Å². The Bertz CT molecular complexity index is 308. The summed E-state index contributed by atoms with van der Waals surface area (Å²) >= 11 is 1.73. The highest BCUT2D eigenvalue weighted by molar-refractivity contribution is 7.12. The first-order valence-electron chi connectivity index (χ1n) is 3.86. The molecule has 1 aromatic rings. The van der Waals surface area contributed by atoms with Crippen LogP contribution in [0.1, 0.15) is 15.8 Å². The van der Waals surface area contributed by atoms with Crippen molar-refractivity contribution in [1.29, 1.82) is 0 Å². The third-order valence-corrected chi connectivity index (χ3v) is 2.99. The molecule has 2 amide bonds. The Morgan fingerprint density at radius 3 is 2.92 bits per heavy atom. The van der Waals surface area contributed by atoms with Crippen LogP contribution < -0.4 is 10.6 Å². The van der Waals surface area contributed by atoms with Crippen molar-refractivity contribution in [3.8, 4) is 0 Å². The smallest absolute Gasteiger partial charge is 0.315 e. The monoisotopic (exact) mass is 182 g/mol. The van der Waals surface area contributed by atoms with Gasteiger partial charge < -0.3 is 10.6 Å². The predicted molar refractivity (Wildman–Crippen MR) is 48.3 cm³/mol. The van der Waals surface area contributed by atoms with E-state index in [1.54, 1.807) is 11.3 Å². The number of hydrogen-bond donors (Lipinski definition) is 2. The van der Waals surface area contributed by atoms with Crippen LogP contribution in [0.2, 0.25) is 0 Å². The molecular weight excluding hydrogens is 172 g/mol. The van der Waals surface area contributed by atoms with Crippen LogP contribution >= 0.6 is 11.3 Å². The molecule has 2 heterocycles. The number of hydrogen-bond acceptors (Lipinski definition) is 2. The van der Waals surface area contributed by atoms with Crippen molar-refractivity contribution in [1.82, 2.24) is 10.6 Å². The third-order valence-electron chi connectivity index (χ3n) is 1.88. The van der Waals surface area contributed by atoms with Crippen molar-refractivity contribution < 1.29 is 4.79 Å². The number of urea groups is 1. The Balaban J connectivity index is 2.15. The first-order chi connectivity index (χ1) is 5.75. The standard InChI is InChI=1S/C8H10N2OS/c1-5-2-3-7(12-5)6-4-9-8(11)10-6/h2-3,6H,4H2,1H3,(H2,9,10,11)/t6-/m1/s1. The molecule has 1 fully saturated rings. The summed E-state index contributed by atoms with van der Waals surface area (Å²) in [5.74, 6) is 0. The third kappa shape index (κ3) is 1.30. The molecule has 0 bridgehead atoms. The van der Waals surface area contributed by atoms with Crippen LogP contribution in [0.5, 0.6) is 0 Å². The summed E-state index contributed by atoms with van der Waals surface area (Å²) in [7, 11) is 0. The van der Waals surface area contributed by atoms with E-state index in [1.165, 1.54) is 9.75 Å². The van der Waals surface area contributed by atoms with Gasteiger partial charge in [0.05, 0.1) is 6.04 Å². The number of carbonyl (C=O) groups is 1. The second-order valence-corrected chi connectivity index (χ2v) is 4.17. The van der Waals surface area contributed by atoms with Crippen LogP contribution in [0.3, 0.4) is 0 Å². The lowest BCUT2D eigenvalue weighted by Crippen LogP contribution is -2.21. The van der Waals surface area contributed by atoms with Crippen LogP contribution in [0, 0.1) is 6.92 Å². The van der Waals surface area contributed by atoms with Crippen molar-refractivity contribution in [2.24, 2.45) is 0 Å². The van der Waals surface area contributed by atoms with Gasteiger partial charge in [-0.05, 0) is 19.1 Å². The van der Waals surface area contributed by atoms with Crippen LogP contribution in [0.15, 0.2) is 12.1 Å². The summed E-state index contributed by atoms with van der Waals surface area (Å²) in [6.45, 7) is 2.77. The number of aryl methyl sites for hydroxylation is 1. The molecule has 4 heteroatoms. The second-order valence-electron chi connectivity index (χ2n) is 2.86. The minimum absolute atomic E-state index is 0.0638. The minimum atomic E-state index is -0.0638. The molecule has 0 aliphatic carbocycles. The van der Waals surface area contributed by atoms with E-state index in [9.17, 15) is 4.79 Å². The van der Waals surface area contributed by atoms with Gasteiger partial charge in [-0.2, -0.15) is 0 Å². The van der Waals surface area contributed by atoms with Crippen LogP contribution in [-0.2, 0) is 0 Å². The minimum Gasteiger partial charge on any atom is -0.336 e. The fraction of sp³-hybridized carbons (Fsp3) is 0.375. The molecule has 12 heavy (non-hydrogen) atoms. The fourth-order valence-corrected chi connectivity index (χ4v) is 2.20. The summed E-state index contributed by atoms with van der Waals surface area (Å²) in [4.78, 5) is 13.3. The second kappa shape index (κ2) is 2.79. The van der Waals surface area contributed by atoms with E-state index in [0.29, 0.717) is 6.54 Å². The zero-order valence-electron chi connectivity index (χ0n) is 6.76. The summed E-state index contributed by atoms with van der Waals surface area (Å²) in [5.41, 5.74) is 0. The van der Waals surface area contributed by atoms with Crippen molar-refractivity contribution >= 4 is 17.4 Å². The summed E-state index contributed by atoms with van der Waals surface area (Å²) < 4.78 is 0. The Hall–Kier alpha value is -1.03. The lowest BCUT2D eigenvalue weighted by Gasteiger charge is -2.03. The SMILES string of the molecule is Cc1ccc([C@H]2CNC(=O)N2)s1. The fourth-order valence-electron chi connectivity index (χ4n) is 1.27. The zero-order valence-corrected chi connectivity index (χ0v) is 7.57. The van der Waals surface area contributed by atoms with Crippen molar-refractivity contribution in [3.63, 3.8) is 0 Å². The quantitative estimate of drug-likeness (QED) is 0.677. The van der Waals surface area contributed by atoms with Gasteiger partial charge in [-0.15, -0.1) is 11.3 Å². The number of nitrogens with one attached hydrogen (secondary N) is 2. The molecule has 0 aromatic carbocycles. The Morgan fingerprint density at radius 2 is 2.42 bits per heavy atom. The van der Waals surface area contributed by atoms with E-state index in [1.807, 2.05) is 0 Å². The van der Waals surface area contributed by atoms with Gasteiger partial charge in [0, 0.05) is 16.3 Å². The Labute approximate surface area is 74.8 Å². The molecule has 64 valence electrons. The van der Waals surface area contributed by atoms with E-state index in [2.05, 4.69) is 29.7 Å². The van der Waals surface area contributed by atoms with E-state index < -0.39 is 0 Å². The van der Waals surface area contributed by atoms with Gasteiger partial charge in [-0.3, -0.25) is 0 Å². The number of carbonyl (C=O) groups excluding carboxylic acids is 1. The lowest BCUT2D eigenvalue weighted by molar-refractivity contribution is 0.247. The average Bonchev–Trinajstić information content (AvgIpc) is 2.58. The van der Waals surface area contributed by atoms with E-state index in [-0.39, 0.29) is 12.1 Å². The van der Waals surface area contributed by atoms with Gasteiger partial charge in [-0.1, -0.05) is 0 Å². The van der Waals surface area contributed by atoms with Crippen molar-refractivity contribution in [2.75, 3.05) is 6.54 Å². The topological polar surface area (TPSA) is 41.1 Å². The molecule has 0 unspecified atom stereocenters. The maximum absolute atomic E-state index is 10.8. The lowest BCUT2D eigenvalue weighted by atomic mass is 10.2. The summed E-state index contributed by atoms with van der Waals surface area (Å²) in [6.07, 6.45) is 0. The van der Waals surface area contributed by atoms with Gasteiger partial charge in [0.2, 0.25) is 0 Å². The highest BCUT2D eigenvalue weighted by Gasteiger charge is 2.22. The Kier molecular flexibility index (Phi) is 1.77. The molecule has 1 atom stereocenters. The summed E-state index contributed by atoms with van der Waals surface area (Å²) in [6, 6.07) is 4.25. The number of rotatable bonds is 1. The molecule has 2 rings (SSSR count). The van der Waals surface area contributed by atoms with Crippen molar-refractivity contribution in [3.05, 3.63) is 21.9 Å². The molecule has 1 aromatic heterocycles. The van der Waals surface area contributed by atoms with Gasteiger partial charge in [0.15, 0.2) is 0 Å². The maximum atomic E-state index is 10.8. The molecule has 1 aliphatic heterocycles. The molecule has 1 saturated heterocycles. The van der Waals surface area contributed by atoms with E-state index in [4.69, 9.17) is 0 Å². The van der Waals surface area contributed by atoms with Gasteiger partial charge in [0.1, 0.15) is 0 Å². The molecule has 1 aliphatic rings. The molecule has 2 N–H and O–H groups in total. The van der Waals surface area contributed by atoms with Gasteiger partial charge in [-0.25, -0.2) is 4.79 Å². The summed E-state index contributed by atoms with van der Waals surface area (Å²) in [5, 5.41) is 5.58. The number of amides is 2. The molecule has 0 spiro atoms. The van der Waals surface area contributed by atoms with Crippen LogP contribution in [-0.4, -0.2) is 12.6 Å². The highest BCUT2D eigenvalue weighted by atomic mass is 32.1. The van der Waals surface area contributed by atoms with E-state index in [0.717, 1.165) is 0 Å². The molecule has 0 radical (unpaired) electrons. The molecule has 0 saturated carbocycles. The van der Waals surface area contributed by atoms with Crippen molar-refractivity contribution in [2.45, 2.75) is 13.0 Å². The van der Waals surface area contributed by atoms with Crippen LogP contribution in [0.4, 0.5) is 4.79 Å². The maximum Gasteiger partial charge on any atom is 0.315 e. The van der Waals surface area contributed by atoms with Gasteiger partial charge in [0.25, 0.3) is 0 Å². The average molecular weight is 182 g/mol. The highest BCUT2D eigenvalue weighted by Crippen LogP contribution is 2.23. The zero-order chi connectivity index (χ0) is 8.55. The largest absolute Gasteiger partial charge is 0.336 e. The molecule has 3 nitrogen and oxygen atoms in total. The first kappa shape index (κ1) is 7.61. The predicted octanol–water partition coefficient (Wildman–Crippen LogP) is 1.41. The Morgan fingerprint density at radius 1 is 1.58 bits per heavy atom. The normalized spacial score (nSPS) is 22.1. The molecular formula is C8H10N2OS. The first-order valence-corrected chi connectivity index (χ1v) is 4.68. The van der Waals surface area contributed by atoms with Crippen LogP contribution in [0.25, 0.3) is 0 Å². The number of thiophene rings is 1.